The minimum absolute atomic E-state index is 0.0480. The second-order valence-corrected chi connectivity index (χ2v) is 7.44. The summed E-state index contributed by atoms with van der Waals surface area (Å²) >= 11 is 0. The Bertz CT molecular complexity index is 399. The van der Waals surface area contributed by atoms with Gasteiger partial charge in [0.15, 0.2) is 0 Å². The molecule has 1 N–H and O–H groups in total. The van der Waals surface area contributed by atoms with Gasteiger partial charge in [0.2, 0.25) is 5.91 Å². The first-order valence-corrected chi connectivity index (χ1v) is 8.40. The van der Waals surface area contributed by atoms with Crippen molar-refractivity contribution in [1.29, 1.82) is 5.26 Å². The highest BCUT2D eigenvalue weighted by Gasteiger charge is 2.41. The number of nitriles is 1. The number of rotatable bonds is 4. The van der Waals surface area contributed by atoms with Crippen molar-refractivity contribution in [2.24, 2.45) is 17.3 Å². The number of likely N-dealkylation sites (tertiary alicyclic amines) is 1. The number of carbonyl (C=O) groups is 1. The fourth-order valence-electron chi connectivity index (χ4n) is 4.10. The van der Waals surface area contributed by atoms with Gasteiger partial charge in [-0.1, -0.05) is 26.7 Å². The molecule has 4 nitrogen and oxygen atoms in total. The van der Waals surface area contributed by atoms with Crippen LogP contribution in [0.5, 0.6) is 0 Å². The van der Waals surface area contributed by atoms with E-state index >= 15 is 0 Å². The highest BCUT2D eigenvalue weighted by atomic mass is 16.2. The van der Waals surface area contributed by atoms with Crippen molar-refractivity contribution in [2.45, 2.75) is 58.9 Å². The molecule has 118 valence electrons. The quantitative estimate of drug-likeness (QED) is 0.866. The Labute approximate surface area is 128 Å². The first kappa shape index (κ1) is 16.3. The summed E-state index contributed by atoms with van der Waals surface area (Å²) in [7, 11) is 0. The van der Waals surface area contributed by atoms with Gasteiger partial charge in [-0.3, -0.25) is 4.79 Å². The summed E-state index contributed by atoms with van der Waals surface area (Å²) in [5.41, 5.74) is -0.753. The zero-order valence-corrected chi connectivity index (χ0v) is 13.7. The van der Waals surface area contributed by atoms with E-state index in [0.717, 1.165) is 57.2 Å². The molecule has 0 spiro atoms. The Morgan fingerprint density at radius 1 is 1.33 bits per heavy atom. The predicted octanol–water partition coefficient (Wildman–Crippen LogP) is 2.55. The number of hydrogen-bond donors (Lipinski definition) is 1. The molecule has 3 unspecified atom stereocenters. The van der Waals surface area contributed by atoms with Gasteiger partial charge in [-0.2, -0.15) is 5.26 Å². The maximum Gasteiger partial charge on any atom is 0.240 e. The van der Waals surface area contributed by atoms with Gasteiger partial charge in [0.1, 0.15) is 5.41 Å². The summed E-state index contributed by atoms with van der Waals surface area (Å²) in [5, 5.41) is 12.5. The zero-order valence-electron chi connectivity index (χ0n) is 13.7. The van der Waals surface area contributed by atoms with E-state index in [1.807, 2.05) is 0 Å². The molecule has 0 aromatic rings. The topological polar surface area (TPSA) is 56.1 Å². The van der Waals surface area contributed by atoms with E-state index in [4.69, 9.17) is 0 Å². The lowest BCUT2D eigenvalue weighted by molar-refractivity contribution is -0.128. The third-order valence-corrected chi connectivity index (χ3v) is 4.96. The van der Waals surface area contributed by atoms with Crippen molar-refractivity contribution >= 4 is 5.91 Å². The molecule has 1 amide bonds. The fourth-order valence-corrected chi connectivity index (χ4v) is 4.10. The lowest BCUT2D eigenvalue weighted by atomic mass is 9.86. The molecule has 4 heteroatoms. The van der Waals surface area contributed by atoms with Gasteiger partial charge in [0, 0.05) is 25.7 Å². The minimum Gasteiger partial charge on any atom is -0.351 e. The smallest absolute Gasteiger partial charge is 0.240 e. The molecule has 0 bridgehead atoms. The molecule has 1 saturated heterocycles. The predicted molar refractivity (Wildman–Crippen MR) is 83.5 cm³/mol. The van der Waals surface area contributed by atoms with E-state index in [9.17, 15) is 10.1 Å². The number of nitrogens with zero attached hydrogens (tertiary/aromatic N) is 2. The summed E-state index contributed by atoms with van der Waals surface area (Å²) in [6, 6.07) is 2.39. The monoisotopic (exact) mass is 291 g/mol. The van der Waals surface area contributed by atoms with E-state index in [2.05, 4.69) is 37.1 Å². The van der Waals surface area contributed by atoms with Crippen LogP contribution < -0.4 is 5.32 Å². The highest BCUT2D eigenvalue weighted by Crippen LogP contribution is 2.37. The summed E-state index contributed by atoms with van der Waals surface area (Å²) in [6.07, 6.45) is 4.74. The summed E-state index contributed by atoms with van der Waals surface area (Å²) in [5.74, 6) is 1.42. The zero-order chi connectivity index (χ0) is 15.5. The molecule has 1 heterocycles. The Balaban J connectivity index is 1.85. The Hall–Kier alpha value is -1.08. The third kappa shape index (κ3) is 3.97. The van der Waals surface area contributed by atoms with Crippen molar-refractivity contribution in [2.75, 3.05) is 19.6 Å². The van der Waals surface area contributed by atoms with Gasteiger partial charge in [0.05, 0.1) is 6.07 Å². The molecular weight excluding hydrogens is 262 g/mol. The Morgan fingerprint density at radius 3 is 2.43 bits per heavy atom. The van der Waals surface area contributed by atoms with E-state index in [0.29, 0.717) is 0 Å². The normalized spacial score (nSPS) is 30.6. The summed E-state index contributed by atoms with van der Waals surface area (Å²) in [4.78, 5) is 14.9. The third-order valence-electron chi connectivity index (χ3n) is 4.96. The van der Waals surface area contributed by atoms with Gasteiger partial charge in [-0.05, 0) is 38.0 Å². The maximum atomic E-state index is 12.4. The molecule has 0 aromatic carbocycles. The largest absolute Gasteiger partial charge is 0.351 e. The second-order valence-electron chi connectivity index (χ2n) is 7.44. The number of amides is 1. The standard InChI is InChI=1S/C17H29N3O/c1-13-8-14(2)10-20(9-13)11-15(3)19-16(21)17(12-18)6-4-5-7-17/h13-15H,4-11H2,1-3H3,(H,19,21). The van der Waals surface area contributed by atoms with Crippen LogP contribution in [-0.4, -0.2) is 36.5 Å². The Kier molecular flexibility index (Phi) is 5.27. The molecule has 2 fully saturated rings. The molecular formula is C17H29N3O. The van der Waals surface area contributed by atoms with Crippen LogP contribution in [-0.2, 0) is 4.79 Å². The van der Waals surface area contributed by atoms with Crippen LogP contribution in [0, 0.1) is 28.6 Å². The lowest BCUT2D eigenvalue weighted by Gasteiger charge is -2.36. The van der Waals surface area contributed by atoms with E-state index in [1.165, 1.54) is 6.42 Å². The van der Waals surface area contributed by atoms with Gasteiger partial charge < -0.3 is 10.2 Å². The van der Waals surface area contributed by atoms with Crippen molar-refractivity contribution in [3.05, 3.63) is 0 Å². The van der Waals surface area contributed by atoms with Crippen molar-refractivity contribution in [1.82, 2.24) is 10.2 Å². The number of nitrogens with one attached hydrogen (secondary N) is 1. The fraction of sp³-hybridized carbons (Fsp3) is 0.882. The number of hydrogen-bond acceptors (Lipinski definition) is 3. The van der Waals surface area contributed by atoms with Crippen LogP contribution in [0.2, 0.25) is 0 Å². The van der Waals surface area contributed by atoms with Gasteiger partial charge in [-0.25, -0.2) is 0 Å². The van der Waals surface area contributed by atoms with Crippen molar-refractivity contribution in [3.8, 4) is 6.07 Å². The van der Waals surface area contributed by atoms with Crippen LogP contribution in [0.4, 0.5) is 0 Å². The molecule has 0 radical (unpaired) electrons. The first-order chi connectivity index (χ1) is 9.95. The molecule has 1 saturated carbocycles. The van der Waals surface area contributed by atoms with Crippen LogP contribution in [0.1, 0.15) is 52.9 Å². The van der Waals surface area contributed by atoms with Gasteiger partial charge >= 0.3 is 0 Å². The number of carbonyl (C=O) groups excluding carboxylic acids is 1. The molecule has 2 aliphatic rings. The average molecular weight is 291 g/mol. The maximum absolute atomic E-state index is 12.4. The SMILES string of the molecule is CC1CC(C)CN(CC(C)NC(=O)C2(C#N)CCCC2)C1. The summed E-state index contributed by atoms with van der Waals surface area (Å²) in [6.45, 7) is 9.79. The van der Waals surface area contributed by atoms with E-state index < -0.39 is 5.41 Å². The molecule has 1 aliphatic carbocycles. The highest BCUT2D eigenvalue weighted by molar-refractivity contribution is 5.85. The molecule has 2 rings (SSSR count). The van der Waals surface area contributed by atoms with Gasteiger partial charge in [0.25, 0.3) is 0 Å². The second kappa shape index (κ2) is 6.79. The van der Waals surface area contributed by atoms with Crippen LogP contribution in [0.3, 0.4) is 0 Å². The van der Waals surface area contributed by atoms with Crippen LogP contribution in [0.25, 0.3) is 0 Å². The summed E-state index contributed by atoms with van der Waals surface area (Å²) < 4.78 is 0. The van der Waals surface area contributed by atoms with E-state index in [1.54, 1.807) is 0 Å². The molecule has 21 heavy (non-hydrogen) atoms. The van der Waals surface area contributed by atoms with E-state index in [-0.39, 0.29) is 11.9 Å². The Morgan fingerprint density at radius 2 is 1.90 bits per heavy atom. The minimum atomic E-state index is -0.753. The molecule has 1 aliphatic heterocycles. The molecule has 3 atom stereocenters. The van der Waals surface area contributed by atoms with Crippen molar-refractivity contribution in [3.63, 3.8) is 0 Å². The van der Waals surface area contributed by atoms with Crippen LogP contribution in [0.15, 0.2) is 0 Å². The lowest BCUT2D eigenvalue weighted by Crippen LogP contribution is -2.49. The van der Waals surface area contributed by atoms with Crippen LogP contribution >= 0.6 is 0 Å². The molecule has 0 aromatic heterocycles. The van der Waals surface area contributed by atoms with Gasteiger partial charge in [-0.15, -0.1) is 0 Å². The first-order valence-electron chi connectivity index (χ1n) is 8.40. The van der Waals surface area contributed by atoms with Crippen molar-refractivity contribution < 1.29 is 4.79 Å². The number of piperidine rings is 1. The average Bonchev–Trinajstić information content (AvgIpc) is 2.87.